The Kier molecular flexibility index (Phi) is 8.48. The highest BCUT2D eigenvalue weighted by molar-refractivity contribution is 14.1. The first-order valence-electron chi connectivity index (χ1n) is 10.9. The van der Waals surface area contributed by atoms with Gasteiger partial charge < -0.3 is 0 Å². The van der Waals surface area contributed by atoms with Gasteiger partial charge in [0, 0.05) is 3.57 Å². The van der Waals surface area contributed by atoms with E-state index in [-0.39, 0.29) is 4.90 Å². The Morgan fingerprint density at radius 1 is 1.03 bits per heavy atom. The zero-order chi connectivity index (χ0) is 24.9. The third kappa shape index (κ3) is 6.44. The molecule has 8 heteroatoms. The Labute approximate surface area is 215 Å². The van der Waals surface area contributed by atoms with Crippen molar-refractivity contribution in [3.63, 3.8) is 0 Å². The first kappa shape index (κ1) is 25.9. The molecule has 0 bridgehead atoms. The van der Waals surface area contributed by atoms with Crippen molar-refractivity contribution in [3.05, 3.63) is 93.1 Å². The van der Waals surface area contributed by atoms with Crippen LogP contribution in [-0.4, -0.2) is 26.6 Å². The molecule has 0 spiro atoms. The minimum absolute atomic E-state index is 0.123. The number of nitrogens with one attached hydrogen (secondary N) is 1. The molecule has 1 N–H and O–H groups in total. The maximum Gasteiger partial charge on any atom is 0.264 e. The Morgan fingerprint density at radius 2 is 1.68 bits per heavy atom. The van der Waals surface area contributed by atoms with Gasteiger partial charge in [-0.2, -0.15) is 5.10 Å². The van der Waals surface area contributed by atoms with Crippen LogP contribution in [-0.2, 0) is 14.8 Å². The maximum atomic E-state index is 13.5. The van der Waals surface area contributed by atoms with Crippen molar-refractivity contribution in [2.75, 3.05) is 10.8 Å². The zero-order valence-corrected chi connectivity index (χ0v) is 22.6. The number of hydrogen-bond donors (Lipinski definition) is 1. The van der Waals surface area contributed by atoms with Crippen LogP contribution < -0.4 is 9.73 Å². The van der Waals surface area contributed by atoms with E-state index in [1.807, 2.05) is 43.3 Å². The summed E-state index contributed by atoms with van der Waals surface area (Å²) in [5.74, 6) is -0.230. The molecule has 0 heterocycles. The van der Waals surface area contributed by atoms with Gasteiger partial charge in [-0.25, -0.2) is 13.8 Å². The third-order valence-electron chi connectivity index (χ3n) is 5.33. The maximum absolute atomic E-state index is 13.5. The molecular weight excluding hydrogens is 561 g/mol. The lowest BCUT2D eigenvalue weighted by molar-refractivity contribution is -0.119. The predicted octanol–water partition coefficient (Wildman–Crippen LogP) is 5.46. The molecule has 0 unspecified atom stereocenters. The monoisotopic (exact) mass is 589 g/mol. The van der Waals surface area contributed by atoms with E-state index in [1.165, 1.54) is 0 Å². The largest absolute Gasteiger partial charge is 0.271 e. The van der Waals surface area contributed by atoms with Gasteiger partial charge in [0.2, 0.25) is 0 Å². The van der Waals surface area contributed by atoms with Gasteiger partial charge >= 0.3 is 0 Å². The van der Waals surface area contributed by atoms with Gasteiger partial charge in [0.1, 0.15) is 6.54 Å². The Hall–Kier alpha value is -2.72. The molecule has 3 aromatic rings. The highest BCUT2D eigenvalue weighted by atomic mass is 127. The average Bonchev–Trinajstić information content (AvgIpc) is 2.81. The molecule has 3 aromatic carbocycles. The number of carbonyl (C=O) groups excluding carboxylic acids is 1. The lowest BCUT2D eigenvalue weighted by Gasteiger charge is -2.24. The van der Waals surface area contributed by atoms with Crippen LogP contribution in [0.15, 0.2) is 82.8 Å². The molecule has 0 aliphatic carbocycles. The molecule has 6 nitrogen and oxygen atoms in total. The molecule has 3 rings (SSSR count). The number of halogens is 1. The van der Waals surface area contributed by atoms with Crippen LogP contribution in [0, 0.1) is 10.5 Å². The van der Waals surface area contributed by atoms with Crippen LogP contribution in [0.5, 0.6) is 0 Å². The van der Waals surface area contributed by atoms with E-state index < -0.39 is 22.5 Å². The Bertz CT molecular complexity index is 1290. The number of nitrogens with zero attached hydrogens (tertiary/aromatic N) is 2. The van der Waals surface area contributed by atoms with Crippen LogP contribution >= 0.6 is 22.6 Å². The fourth-order valence-corrected chi connectivity index (χ4v) is 5.23. The number of sulfonamides is 1. The van der Waals surface area contributed by atoms with E-state index in [4.69, 9.17) is 0 Å². The van der Waals surface area contributed by atoms with Gasteiger partial charge in [0.05, 0.1) is 16.3 Å². The summed E-state index contributed by atoms with van der Waals surface area (Å²) in [7, 11) is -3.97. The molecule has 0 aliphatic rings. The van der Waals surface area contributed by atoms with E-state index in [1.54, 1.807) is 43.3 Å². The van der Waals surface area contributed by atoms with E-state index in [0.717, 1.165) is 24.6 Å². The minimum atomic E-state index is -3.97. The fourth-order valence-electron chi connectivity index (χ4n) is 3.27. The summed E-state index contributed by atoms with van der Waals surface area (Å²) in [6.07, 6.45) is 0. The number of aryl methyl sites for hydroxylation is 1. The standard InChI is InChI=1S/C26H28IN3O3S/c1-18(2)21-10-12-24(13-11-21)30(34(32,33)25-14-8-19(3)9-15-25)17-26(31)29-28-20(4)22-6-5-7-23(27)16-22/h5-16,18H,17H2,1-4H3,(H,29,31)/b28-20-. The number of hydrogen-bond acceptors (Lipinski definition) is 4. The van der Waals surface area contributed by atoms with Gasteiger partial charge in [-0.05, 0) is 89.9 Å². The number of anilines is 1. The topological polar surface area (TPSA) is 78.8 Å². The molecule has 178 valence electrons. The molecule has 0 atom stereocenters. The summed E-state index contributed by atoms with van der Waals surface area (Å²) < 4.78 is 29.2. The van der Waals surface area contributed by atoms with Gasteiger partial charge in [-0.1, -0.05) is 55.8 Å². The first-order valence-corrected chi connectivity index (χ1v) is 13.4. The average molecular weight is 589 g/mol. The highest BCUT2D eigenvalue weighted by Crippen LogP contribution is 2.26. The van der Waals surface area contributed by atoms with E-state index in [0.29, 0.717) is 17.3 Å². The van der Waals surface area contributed by atoms with Crippen LogP contribution in [0.3, 0.4) is 0 Å². The molecule has 1 amide bonds. The quantitative estimate of drug-likeness (QED) is 0.216. The number of rotatable bonds is 8. The van der Waals surface area contributed by atoms with Gasteiger partial charge in [0.15, 0.2) is 0 Å². The van der Waals surface area contributed by atoms with Crippen molar-refractivity contribution in [2.24, 2.45) is 5.10 Å². The van der Waals surface area contributed by atoms with E-state index in [2.05, 4.69) is 47.0 Å². The molecular formula is C26H28IN3O3S. The molecule has 0 fully saturated rings. The normalized spacial score (nSPS) is 12.0. The first-order chi connectivity index (χ1) is 16.1. The minimum Gasteiger partial charge on any atom is -0.271 e. The van der Waals surface area contributed by atoms with E-state index >= 15 is 0 Å². The second-order valence-corrected chi connectivity index (χ2v) is 11.4. The molecule has 0 saturated carbocycles. The van der Waals surface area contributed by atoms with Crippen LogP contribution in [0.25, 0.3) is 0 Å². The van der Waals surface area contributed by atoms with Crippen molar-refractivity contribution in [3.8, 4) is 0 Å². The zero-order valence-electron chi connectivity index (χ0n) is 19.6. The number of amides is 1. The van der Waals surface area contributed by atoms with Crippen LogP contribution in [0.4, 0.5) is 5.69 Å². The van der Waals surface area contributed by atoms with Gasteiger partial charge in [-0.15, -0.1) is 0 Å². The summed E-state index contributed by atoms with van der Waals surface area (Å²) in [6, 6.07) is 21.5. The summed E-state index contributed by atoms with van der Waals surface area (Å²) >= 11 is 2.21. The molecule has 34 heavy (non-hydrogen) atoms. The summed E-state index contributed by atoms with van der Waals surface area (Å²) in [6.45, 7) is 7.41. The molecule has 0 radical (unpaired) electrons. The summed E-state index contributed by atoms with van der Waals surface area (Å²) in [4.78, 5) is 12.9. The van der Waals surface area contributed by atoms with Gasteiger partial charge in [-0.3, -0.25) is 9.10 Å². The second kappa shape index (κ2) is 11.1. The fraction of sp³-hybridized carbons (Fsp3) is 0.231. The predicted molar refractivity (Wildman–Crippen MR) is 146 cm³/mol. The lowest BCUT2D eigenvalue weighted by atomic mass is 10.0. The molecule has 0 aromatic heterocycles. The van der Waals surface area contributed by atoms with Crippen molar-refractivity contribution in [2.45, 2.75) is 38.5 Å². The third-order valence-corrected chi connectivity index (χ3v) is 7.79. The lowest BCUT2D eigenvalue weighted by Crippen LogP contribution is -2.39. The van der Waals surface area contributed by atoms with Gasteiger partial charge in [0.25, 0.3) is 15.9 Å². The smallest absolute Gasteiger partial charge is 0.264 e. The Morgan fingerprint density at radius 3 is 2.26 bits per heavy atom. The van der Waals surface area contributed by atoms with Crippen LogP contribution in [0.1, 0.15) is 43.4 Å². The van der Waals surface area contributed by atoms with E-state index in [9.17, 15) is 13.2 Å². The van der Waals surface area contributed by atoms with Crippen molar-refractivity contribution >= 4 is 49.9 Å². The van der Waals surface area contributed by atoms with Crippen molar-refractivity contribution in [1.29, 1.82) is 0 Å². The SMILES string of the molecule is C/C(=N/NC(=O)CN(c1ccc(C(C)C)cc1)S(=O)(=O)c1ccc(C)cc1)c1cccc(I)c1. The summed E-state index contributed by atoms with van der Waals surface area (Å²) in [5, 5.41) is 4.18. The Balaban J connectivity index is 1.89. The van der Waals surface area contributed by atoms with Crippen molar-refractivity contribution < 1.29 is 13.2 Å². The number of carbonyl (C=O) groups is 1. The summed E-state index contributed by atoms with van der Waals surface area (Å²) in [5.41, 5.74) is 6.45. The van der Waals surface area contributed by atoms with Crippen molar-refractivity contribution in [1.82, 2.24) is 5.43 Å². The second-order valence-electron chi connectivity index (χ2n) is 8.31. The number of hydrazone groups is 1. The van der Waals surface area contributed by atoms with Crippen LogP contribution in [0.2, 0.25) is 0 Å². The molecule has 0 saturated heterocycles. The number of benzene rings is 3. The highest BCUT2D eigenvalue weighted by Gasteiger charge is 2.27. The molecule has 0 aliphatic heterocycles.